The largest absolute Gasteiger partial charge is 0.466 e. The zero-order valence-electron chi connectivity index (χ0n) is 12.1. The Morgan fingerprint density at radius 2 is 1.67 bits per heavy atom. The molecular weight excluding hydrogens is 260 g/mol. The smallest absolute Gasteiger partial charge is 0.307 e. The summed E-state index contributed by atoms with van der Waals surface area (Å²) in [5.74, 6) is 5.96. The van der Waals surface area contributed by atoms with E-state index in [1.807, 2.05) is 67.6 Å². The maximum Gasteiger partial charge on any atom is 0.307 e. The molecular formula is C19H18O2. The van der Waals surface area contributed by atoms with Gasteiger partial charge in [-0.1, -0.05) is 60.4 Å². The number of esters is 1. The van der Waals surface area contributed by atoms with E-state index < -0.39 is 0 Å². The van der Waals surface area contributed by atoms with Crippen LogP contribution < -0.4 is 0 Å². The van der Waals surface area contributed by atoms with Crippen LogP contribution in [-0.2, 0) is 9.53 Å². The zero-order valence-corrected chi connectivity index (χ0v) is 12.1. The Balaban J connectivity index is 2.20. The van der Waals surface area contributed by atoms with E-state index in [2.05, 4.69) is 11.8 Å². The van der Waals surface area contributed by atoms with Crippen molar-refractivity contribution in [2.45, 2.75) is 19.3 Å². The molecule has 0 aliphatic rings. The topological polar surface area (TPSA) is 26.3 Å². The Hall–Kier alpha value is -2.53. The van der Waals surface area contributed by atoms with E-state index in [-0.39, 0.29) is 18.3 Å². The highest BCUT2D eigenvalue weighted by molar-refractivity contribution is 5.71. The van der Waals surface area contributed by atoms with Gasteiger partial charge in [-0.15, -0.1) is 0 Å². The first kappa shape index (κ1) is 14.9. The molecule has 0 saturated carbocycles. The first-order valence-electron chi connectivity index (χ1n) is 7.06. The van der Waals surface area contributed by atoms with Crippen molar-refractivity contribution in [2.75, 3.05) is 6.61 Å². The lowest BCUT2D eigenvalue weighted by molar-refractivity contribution is -0.143. The van der Waals surface area contributed by atoms with Crippen LogP contribution in [0.4, 0.5) is 0 Å². The normalized spacial score (nSPS) is 11.1. The Morgan fingerprint density at radius 3 is 2.29 bits per heavy atom. The predicted octanol–water partition coefficient (Wildman–Crippen LogP) is 3.78. The molecule has 0 fully saturated rings. The fourth-order valence-corrected chi connectivity index (χ4v) is 2.02. The van der Waals surface area contributed by atoms with E-state index in [1.54, 1.807) is 0 Å². The average molecular weight is 278 g/mol. The molecule has 2 aromatic carbocycles. The number of carbonyl (C=O) groups excluding carboxylic acids is 1. The first-order chi connectivity index (χ1) is 10.3. The molecule has 2 aromatic rings. The van der Waals surface area contributed by atoms with Gasteiger partial charge in [0.1, 0.15) is 0 Å². The minimum Gasteiger partial charge on any atom is -0.466 e. The van der Waals surface area contributed by atoms with Crippen LogP contribution in [0, 0.1) is 11.8 Å². The lowest BCUT2D eigenvalue weighted by Crippen LogP contribution is -2.09. The van der Waals surface area contributed by atoms with Crippen LogP contribution in [-0.4, -0.2) is 12.6 Å². The number of ether oxygens (including phenoxy) is 1. The molecule has 0 bridgehead atoms. The third-order valence-corrected chi connectivity index (χ3v) is 3.04. The van der Waals surface area contributed by atoms with Gasteiger partial charge in [0.2, 0.25) is 0 Å². The van der Waals surface area contributed by atoms with E-state index in [1.165, 1.54) is 0 Å². The van der Waals surface area contributed by atoms with Crippen LogP contribution in [0.1, 0.15) is 30.4 Å². The van der Waals surface area contributed by atoms with E-state index >= 15 is 0 Å². The highest BCUT2D eigenvalue weighted by Gasteiger charge is 2.14. The first-order valence-corrected chi connectivity index (χ1v) is 7.06. The van der Waals surface area contributed by atoms with Crippen molar-refractivity contribution >= 4 is 5.97 Å². The third kappa shape index (κ3) is 4.81. The minimum absolute atomic E-state index is 0.148. The Kier molecular flexibility index (Phi) is 5.60. The van der Waals surface area contributed by atoms with E-state index in [0.29, 0.717) is 6.61 Å². The molecule has 0 heterocycles. The van der Waals surface area contributed by atoms with Crippen molar-refractivity contribution in [2.24, 2.45) is 0 Å². The second-order valence-electron chi connectivity index (χ2n) is 4.61. The van der Waals surface area contributed by atoms with Gasteiger partial charge in [-0.05, 0) is 24.6 Å². The standard InChI is InChI=1S/C19H18O2/c1-2-21-19(20)15-18(17-11-7-4-8-12-17)14-13-16-9-5-3-6-10-16/h3-12,18H,2,15H2,1H3/t18-/m1/s1. The molecule has 0 unspecified atom stereocenters. The molecule has 0 aromatic heterocycles. The molecule has 2 nitrogen and oxygen atoms in total. The SMILES string of the molecule is CCOC(=O)C[C@@H](C#Cc1ccccc1)c1ccccc1. The van der Waals surface area contributed by atoms with Gasteiger partial charge in [0, 0.05) is 5.56 Å². The monoisotopic (exact) mass is 278 g/mol. The maximum atomic E-state index is 11.7. The van der Waals surface area contributed by atoms with Gasteiger partial charge >= 0.3 is 5.97 Å². The van der Waals surface area contributed by atoms with Crippen molar-refractivity contribution in [1.29, 1.82) is 0 Å². The highest BCUT2D eigenvalue weighted by atomic mass is 16.5. The minimum atomic E-state index is -0.214. The molecule has 1 atom stereocenters. The summed E-state index contributed by atoms with van der Waals surface area (Å²) in [5.41, 5.74) is 1.98. The van der Waals surface area contributed by atoms with Crippen molar-refractivity contribution in [3.8, 4) is 11.8 Å². The van der Waals surface area contributed by atoms with Crippen molar-refractivity contribution < 1.29 is 9.53 Å². The number of rotatable bonds is 4. The van der Waals surface area contributed by atoms with E-state index in [9.17, 15) is 4.79 Å². The van der Waals surface area contributed by atoms with Crippen molar-refractivity contribution in [1.82, 2.24) is 0 Å². The number of hydrogen-bond donors (Lipinski definition) is 0. The van der Waals surface area contributed by atoms with E-state index in [4.69, 9.17) is 4.74 Å². The van der Waals surface area contributed by atoms with Gasteiger partial charge in [-0.25, -0.2) is 0 Å². The van der Waals surface area contributed by atoms with Gasteiger partial charge in [-0.2, -0.15) is 0 Å². The summed E-state index contributed by atoms with van der Waals surface area (Å²) in [7, 11) is 0. The van der Waals surface area contributed by atoms with Crippen molar-refractivity contribution in [3.05, 3.63) is 71.8 Å². The molecule has 0 amide bonds. The summed E-state index contributed by atoms with van der Waals surface area (Å²) in [6, 6.07) is 19.6. The number of carbonyl (C=O) groups is 1. The second kappa shape index (κ2) is 7.91. The van der Waals surface area contributed by atoms with Gasteiger partial charge in [0.05, 0.1) is 18.9 Å². The van der Waals surface area contributed by atoms with Gasteiger partial charge in [-0.3, -0.25) is 4.79 Å². The van der Waals surface area contributed by atoms with E-state index in [0.717, 1.165) is 11.1 Å². The quantitative estimate of drug-likeness (QED) is 0.628. The Bertz CT molecular complexity index is 621. The van der Waals surface area contributed by atoms with Gasteiger partial charge in [0.25, 0.3) is 0 Å². The molecule has 0 aliphatic heterocycles. The van der Waals surface area contributed by atoms with Crippen LogP contribution in [0.5, 0.6) is 0 Å². The van der Waals surface area contributed by atoms with Gasteiger partial charge in [0.15, 0.2) is 0 Å². The molecule has 0 N–H and O–H groups in total. The molecule has 0 saturated heterocycles. The lowest BCUT2D eigenvalue weighted by atomic mass is 9.96. The van der Waals surface area contributed by atoms with Crippen LogP contribution in [0.25, 0.3) is 0 Å². The van der Waals surface area contributed by atoms with Gasteiger partial charge < -0.3 is 4.74 Å². The predicted molar refractivity (Wildman–Crippen MR) is 83.8 cm³/mol. The van der Waals surface area contributed by atoms with Crippen LogP contribution >= 0.6 is 0 Å². The fraction of sp³-hybridized carbons (Fsp3) is 0.211. The second-order valence-corrected chi connectivity index (χ2v) is 4.61. The molecule has 2 rings (SSSR count). The molecule has 2 heteroatoms. The summed E-state index contributed by atoms with van der Waals surface area (Å²) in [4.78, 5) is 11.7. The molecule has 0 aliphatic carbocycles. The summed E-state index contributed by atoms with van der Waals surface area (Å²) >= 11 is 0. The van der Waals surface area contributed by atoms with Crippen LogP contribution in [0.15, 0.2) is 60.7 Å². The summed E-state index contributed by atoms with van der Waals surface area (Å²) in [5, 5.41) is 0. The summed E-state index contributed by atoms with van der Waals surface area (Å²) in [6.45, 7) is 2.21. The van der Waals surface area contributed by atoms with Crippen molar-refractivity contribution in [3.63, 3.8) is 0 Å². The fourth-order valence-electron chi connectivity index (χ4n) is 2.02. The third-order valence-electron chi connectivity index (χ3n) is 3.04. The summed E-state index contributed by atoms with van der Waals surface area (Å²) in [6.07, 6.45) is 0.275. The molecule has 21 heavy (non-hydrogen) atoms. The Labute approximate surface area is 125 Å². The molecule has 0 spiro atoms. The Morgan fingerprint density at radius 1 is 1.05 bits per heavy atom. The van der Waals surface area contributed by atoms with Crippen LogP contribution in [0.2, 0.25) is 0 Å². The molecule has 106 valence electrons. The maximum absolute atomic E-state index is 11.7. The summed E-state index contributed by atoms with van der Waals surface area (Å²) < 4.78 is 5.04. The highest BCUT2D eigenvalue weighted by Crippen LogP contribution is 2.19. The average Bonchev–Trinajstić information content (AvgIpc) is 2.53. The van der Waals surface area contributed by atoms with Crippen LogP contribution in [0.3, 0.4) is 0 Å². The number of benzene rings is 2. The zero-order chi connectivity index (χ0) is 14.9. The number of hydrogen-bond acceptors (Lipinski definition) is 2. The lowest BCUT2D eigenvalue weighted by Gasteiger charge is -2.10. The molecule has 0 radical (unpaired) electrons.